The van der Waals surface area contributed by atoms with Crippen molar-refractivity contribution in [1.29, 1.82) is 0 Å². The molecule has 2 heteroatoms. The number of nitrogens with one attached hydrogen (secondary N) is 1. The van der Waals surface area contributed by atoms with E-state index in [4.69, 9.17) is 0 Å². The highest BCUT2D eigenvalue weighted by molar-refractivity contribution is 5.38. The molecule has 6 atom stereocenters. The van der Waals surface area contributed by atoms with E-state index in [9.17, 15) is 5.11 Å². The largest absolute Gasteiger partial charge is 0.393 e. The predicted octanol–water partition coefficient (Wildman–Crippen LogP) is 5.79. The molecule has 0 heterocycles. The number of allylic oxidation sites excluding steroid dienone is 4. The third-order valence-corrected chi connectivity index (χ3v) is 9.02. The van der Waals surface area contributed by atoms with Gasteiger partial charge in [-0.25, -0.2) is 0 Å². The number of rotatable bonds is 6. The van der Waals surface area contributed by atoms with Crippen LogP contribution in [0.1, 0.15) is 78.6 Å². The Balaban J connectivity index is 1.47. The summed E-state index contributed by atoms with van der Waals surface area (Å²) < 4.78 is 0. The number of hydrogen-bond donors (Lipinski definition) is 2. The standard InChI is InChI=1S/C26H41NO/c1-4-16-27-17-6-5-7-19-9-11-23-22-10-8-20-18-21(28)12-14-26(20,3)24(22)13-15-25(19,23)2/h5-6,8,10,19,21,23-24,27-28H,4,7,9,11-18H2,1-3H3/b6-5+. The second kappa shape index (κ2) is 8.11. The van der Waals surface area contributed by atoms with Crippen molar-refractivity contribution in [3.8, 4) is 0 Å². The molecule has 4 aliphatic carbocycles. The average molecular weight is 384 g/mol. The summed E-state index contributed by atoms with van der Waals surface area (Å²) in [6.45, 7) is 9.46. The second-order valence-electron chi connectivity index (χ2n) is 10.5. The highest BCUT2D eigenvalue weighted by atomic mass is 16.3. The van der Waals surface area contributed by atoms with Gasteiger partial charge in [0.05, 0.1) is 6.10 Å². The van der Waals surface area contributed by atoms with Crippen LogP contribution in [-0.4, -0.2) is 24.3 Å². The summed E-state index contributed by atoms with van der Waals surface area (Å²) in [6.07, 6.45) is 20.6. The SMILES string of the molecule is CCCNC/C=C/CC1CCC2C3=CC=C4CC(O)CCC4(C)C3CCC12C. The number of aliphatic hydroxyl groups is 1. The van der Waals surface area contributed by atoms with Crippen LogP contribution in [0.2, 0.25) is 0 Å². The predicted molar refractivity (Wildman–Crippen MR) is 118 cm³/mol. The lowest BCUT2D eigenvalue weighted by Gasteiger charge is -2.54. The molecule has 0 saturated heterocycles. The van der Waals surface area contributed by atoms with Crippen molar-refractivity contribution in [2.75, 3.05) is 13.1 Å². The summed E-state index contributed by atoms with van der Waals surface area (Å²) in [6, 6.07) is 0. The third-order valence-electron chi connectivity index (χ3n) is 9.02. The first-order valence-corrected chi connectivity index (χ1v) is 11.9. The molecule has 0 amide bonds. The van der Waals surface area contributed by atoms with Crippen LogP contribution in [0.4, 0.5) is 0 Å². The number of aliphatic hydroxyl groups excluding tert-OH is 1. The van der Waals surface area contributed by atoms with Crippen molar-refractivity contribution >= 4 is 0 Å². The Kier molecular flexibility index (Phi) is 5.91. The summed E-state index contributed by atoms with van der Waals surface area (Å²) in [7, 11) is 0. The Hall–Kier alpha value is -0.860. The van der Waals surface area contributed by atoms with Crippen LogP contribution in [0.25, 0.3) is 0 Å². The van der Waals surface area contributed by atoms with E-state index in [1.807, 2.05) is 0 Å². The van der Waals surface area contributed by atoms with E-state index in [1.54, 1.807) is 5.57 Å². The lowest BCUT2D eigenvalue weighted by atomic mass is 9.50. The van der Waals surface area contributed by atoms with Crippen molar-refractivity contribution < 1.29 is 5.11 Å². The minimum atomic E-state index is -0.113. The minimum absolute atomic E-state index is 0.113. The van der Waals surface area contributed by atoms with Gasteiger partial charge in [0.25, 0.3) is 0 Å². The van der Waals surface area contributed by atoms with Crippen molar-refractivity contribution in [2.24, 2.45) is 28.6 Å². The summed E-state index contributed by atoms with van der Waals surface area (Å²) in [4.78, 5) is 0. The third kappa shape index (κ3) is 3.45. The van der Waals surface area contributed by atoms with Crippen LogP contribution in [0, 0.1) is 28.6 Å². The Labute approximate surface area is 172 Å². The zero-order chi connectivity index (χ0) is 19.8. The highest BCUT2D eigenvalue weighted by Gasteiger charge is 2.55. The first-order chi connectivity index (χ1) is 13.5. The molecule has 0 aromatic heterocycles. The second-order valence-corrected chi connectivity index (χ2v) is 10.5. The molecule has 0 bridgehead atoms. The highest BCUT2D eigenvalue weighted by Crippen LogP contribution is 2.65. The molecule has 4 aliphatic rings. The molecule has 156 valence electrons. The molecule has 0 aliphatic heterocycles. The molecule has 2 N–H and O–H groups in total. The van der Waals surface area contributed by atoms with Crippen molar-refractivity contribution in [2.45, 2.75) is 84.7 Å². The fraction of sp³-hybridized carbons (Fsp3) is 0.769. The van der Waals surface area contributed by atoms with Crippen molar-refractivity contribution in [3.63, 3.8) is 0 Å². The van der Waals surface area contributed by atoms with Crippen LogP contribution in [-0.2, 0) is 0 Å². The lowest BCUT2D eigenvalue weighted by Crippen LogP contribution is -2.45. The molecule has 0 spiro atoms. The smallest absolute Gasteiger partial charge is 0.0578 e. The van der Waals surface area contributed by atoms with Gasteiger partial charge in [-0.1, -0.05) is 56.2 Å². The van der Waals surface area contributed by atoms with E-state index in [0.717, 1.165) is 43.7 Å². The monoisotopic (exact) mass is 383 g/mol. The number of fused-ring (bicyclic) bond motifs is 5. The first-order valence-electron chi connectivity index (χ1n) is 11.9. The van der Waals surface area contributed by atoms with Gasteiger partial charge in [0.1, 0.15) is 0 Å². The van der Waals surface area contributed by atoms with E-state index in [-0.39, 0.29) is 6.10 Å². The lowest BCUT2D eigenvalue weighted by molar-refractivity contribution is 0.0453. The van der Waals surface area contributed by atoms with Crippen molar-refractivity contribution in [1.82, 2.24) is 5.32 Å². The van der Waals surface area contributed by atoms with Gasteiger partial charge in [-0.05, 0) is 92.9 Å². The fourth-order valence-electron chi connectivity index (χ4n) is 7.18. The normalized spacial score (nSPS) is 42.6. The topological polar surface area (TPSA) is 32.3 Å². The zero-order valence-corrected chi connectivity index (χ0v) is 18.3. The summed E-state index contributed by atoms with van der Waals surface area (Å²) in [5.74, 6) is 2.35. The maximum atomic E-state index is 10.2. The van der Waals surface area contributed by atoms with Gasteiger partial charge in [0, 0.05) is 6.54 Å². The van der Waals surface area contributed by atoms with E-state index in [1.165, 1.54) is 50.5 Å². The molecular weight excluding hydrogens is 342 g/mol. The molecule has 3 saturated carbocycles. The Morgan fingerprint density at radius 3 is 2.75 bits per heavy atom. The average Bonchev–Trinajstić information content (AvgIpc) is 3.01. The van der Waals surface area contributed by atoms with Crippen LogP contribution < -0.4 is 5.32 Å². The number of hydrogen-bond acceptors (Lipinski definition) is 2. The van der Waals surface area contributed by atoms with E-state index < -0.39 is 0 Å². The summed E-state index contributed by atoms with van der Waals surface area (Å²) in [5.41, 5.74) is 4.10. The van der Waals surface area contributed by atoms with Gasteiger partial charge < -0.3 is 10.4 Å². The maximum absolute atomic E-state index is 10.2. The van der Waals surface area contributed by atoms with E-state index in [0.29, 0.717) is 10.8 Å². The maximum Gasteiger partial charge on any atom is 0.0578 e. The van der Waals surface area contributed by atoms with Crippen LogP contribution in [0.5, 0.6) is 0 Å². The van der Waals surface area contributed by atoms with Gasteiger partial charge in [0.2, 0.25) is 0 Å². The molecule has 4 rings (SSSR count). The van der Waals surface area contributed by atoms with Gasteiger partial charge >= 0.3 is 0 Å². The molecule has 28 heavy (non-hydrogen) atoms. The summed E-state index contributed by atoms with van der Waals surface area (Å²) >= 11 is 0. The Morgan fingerprint density at radius 1 is 1.07 bits per heavy atom. The van der Waals surface area contributed by atoms with Gasteiger partial charge in [-0.2, -0.15) is 0 Å². The Bertz CT molecular complexity index is 661. The van der Waals surface area contributed by atoms with Crippen LogP contribution in [0.3, 0.4) is 0 Å². The van der Waals surface area contributed by atoms with E-state index in [2.05, 4.69) is 50.4 Å². The van der Waals surface area contributed by atoms with Gasteiger partial charge in [-0.3, -0.25) is 0 Å². The molecule has 0 aromatic rings. The summed E-state index contributed by atoms with van der Waals surface area (Å²) in [5, 5.41) is 13.6. The van der Waals surface area contributed by atoms with Gasteiger partial charge in [0.15, 0.2) is 0 Å². The molecular formula is C26H41NO. The zero-order valence-electron chi connectivity index (χ0n) is 18.3. The van der Waals surface area contributed by atoms with Crippen LogP contribution >= 0.6 is 0 Å². The molecule has 6 unspecified atom stereocenters. The van der Waals surface area contributed by atoms with Crippen LogP contribution in [0.15, 0.2) is 35.5 Å². The minimum Gasteiger partial charge on any atom is -0.393 e. The van der Waals surface area contributed by atoms with E-state index >= 15 is 0 Å². The van der Waals surface area contributed by atoms with Crippen molar-refractivity contribution in [3.05, 3.63) is 35.5 Å². The molecule has 3 fully saturated rings. The first kappa shape index (κ1) is 20.4. The fourth-order valence-corrected chi connectivity index (χ4v) is 7.18. The quantitative estimate of drug-likeness (QED) is 0.449. The molecule has 2 nitrogen and oxygen atoms in total. The molecule has 0 aromatic carbocycles. The molecule has 0 radical (unpaired) electrons. The Morgan fingerprint density at radius 2 is 1.93 bits per heavy atom. The van der Waals surface area contributed by atoms with Gasteiger partial charge in [-0.15, -0.1) is 0 Å².